The van der Waals surface area contributed by atoms with Crippen molar-refractivity contribution in [3.05, 3.63) is 0 Å². The summed E-state index contributed by atoms with van der Waals surface area (Å²) in [7, 11) is 0. The van der Waals surface area contributed by atoms with E-state index in [1.807, 2.05) is 20.8 Å². The van der Waals surface area contributed by atoms with Gasteiger partial charge in [0.25, 0.3) is 0 Å². The maximum absolute atomic E-state index is 9.76. The summed E-state index contributed by atoms with van der Waals surface area (Å²) in [5.74, 6) is -2.08. The number of carboxylic acid groups (broad SMARTS) is 3. The van der Waals surface area contributed by atoms with Crippen LogP contribution in [0.3, 0.4) is 0 Å². The molecule has 0 unspecified atom stereocenters. The Morgan fingerprint density at radius 2 is 0.773 bits per heavy atom. The van der Waals surface area contributed by atoms with Gasteiger partial charge in [-0.05, 0) is 19.3 Å². The van der Waals surface area contributed by atoms with Gasteiger partial charge in [0.05, 0.1) is 0 Å². The molecular weight excluding hydrogens is 451 g/mol. The molecule has 0 amide bonds. The van der Waals surface area contributed by atoms with Crippen molar-refractivity contribution in [1.29, 1.82) is 0 Å². The van der Waals surface area contributed by atoms with Gasteiger partial charge in [-0.25, -0.2) is 0 Å². The fourth-order valence-electron chi connectivity index (χ4n) is 0.984. The second-order valence-corrected chi connectivity index (χ2v) is 4.49. The van der Waals surface area contributed by atoms with E-state index in [2.05, 4.69) is 0 Å². The molecule has 0 aromatic rings. The molecular formula is C15H30LuO6. The Hall–Kier alpha value is -0.356. The minimum Gasteiger partial charge on any atom is -0.481 e. The van der Waals surface area contributed by atoms with Crippen molar-refractivity contribution in [2.24, 2.45) is 0 Å². The van der Waals surface area contributed by atoms with Crippen LogP contribution in [0.25, 0.3) is 0 Å². The molecule has 0 aliphatic heterocycles. The number of rotatable bonds is 9. The van der Waals surface area contributed by atoms with Gasteiger partial charge >= 0.3 is 17.9 Å². The van der Waals surface area contributed by atoms with Gasteiger partial charge in [-0.15, -0.1) is 0 Å². The van der Waals surface area contributed by atoms with Crippen LogP contribution >= 0.6 is 0 Å². The van der Waals surface area contributed by atoms with Crippen LogP contribution in [-0.4, -0.2) is 33.2 Å². The topological polar surface area (TPSA) is 112 Å². The molecule has 0 heterocycles. The van der Waals surface area contributed by atoms with E-state index in [9.17, 15) is 14.4 Å². The zero-order chi connectivity index (χ0) is 17.1. The molecule has 141 valence electrons. The molecule has 22 heavy (non-hydrogen) atoms. The molecule has 1 radical (unpaired) electrons. The van der Waals surface area contributed by atoms with Gasteiger partial charge in [0.15, 0.2) is 0 Å². The maximum atomic E-state index is 9.76. The summed E-state index contributed by atoms with van der Waals surface area (Å²) in [5, 5.41) is 24.1. The standard InChI is InChI=1S/3C5H10O2.Lu/c3*1-2-3-4-5(6)7;/h3*2-4H2,1H3,(H,6,7);. The zero-order valence-corrected chi connectivity index (χ0v) is 15.3. The normalized spacial score (nSPS) is 8.32. The minimum absolute atomic E-state index is 0. The third-order valence-corrected chi connectivity index (χ3v) is 2.23. The summed E-state index contributed by atoms with van der Waals surface area (Å²) < 4.78 is 0. The average Bonchev–Trinajstić information content (AvgIpc) is 2.41. The molecule has 0 saturated carbocycles. The third-order valence-electron chi connectivity index (χ3n) is 2.23. The molecule has 0 rings (SSSR count). The number of unbranched alkanes of at least 4 members (excludes halogenated alkanes) is 3. The van der Waals surface area contributed by atoms with Gasteiger partial charge in [0.1, 0.15) is 0 Å². The number of carbonyl (C=O) groups is 3. The minimum atomic E-state index is -0.693. The molecule has 0 aliphatic carbocycles. The molecule has 0 bridgehead atoms. The first-order valence-corrected chi connectivity index (χ1v) is 7.47. The van der Waals surface area contributed by atoms with Gasteiger partial charge in [0.2, 0.25) is 0 Å². The van der Waals surface area contributed by atoms with Gasteiger partial charge < -0.3 is 15.3 Å². The summed E-state index contributed by atoms with van der Waals surface area (Å²) in [6.45, 7) is 5.93. The van der Waals surface area contributed by atoms with Crippen LogP contribution in [0.2, 0.25) is 0 Å². The molecule has 3 N–H and O–H groups in total. The first kappa shape index (κ1) is 29.6. The molecule has 6 nitrogen and oxygen atoms in total. The van der Waals surface area contributed by atoms with Gasteiger partial charge in [0, 0.05) is 56.1 Å². The van der Waals surface area contributed by atoms with Crippen molar-refractivity contribution >= 4 is 17.9 Å². The smallest absolute Gasteiger partial charge is 0.303 e. The van der Waals surface area contributed by atoms with E-state index in [0.29, 0.717) is 19.3 Å². The van der Waals surface area contributed by atoms with E-state index in [1.165, 1.54) is 0 Å². The Balaban J connectivity index is -0.000000108. The molecule has 0 atom stereocenters. The predicted octanol–water partition coefficient (Wildman–Crippen LogP) is 3.78. The van der Waals surface area contributed by atoms with Crippen molar-refractivity contribution in [2.45, 2.75) is 78.6 Å². The largest absolute Gasteiger partial charge is 0.481 e. The Morgan fingerprint density at radius 1 is 0.591 bits per heavy atom. The average molecular weight is 481 g/mol. The van der Waals surface area contributed by atoms with Crippen molar-refractivity contribution in [3.8, 4) is 0 Å². The first-order chi connectivity index (χ1) is 9.81. The van der Waals surface area contributed by atoms with Crippen molar-refractivity contribution in [1.82, 2.24) is 0 Å². The van der Waals surface area contributed by atoms with Gasteiger partial charge in [-0.2, -0.15) is 0 Å². The van der Waals surface area contributed by atoms with Crippen LogP contribution in [0.15, 0.2) is 0 Å². The van der Waals surface area contributed by atoms with E-state index < -0.39 is 17.9 Å². The van der Waals surface area contributed by atoms with Crippen molar-refractivity contribution < 1.29 is 66.6 Å². The van der Waals surface area contributed by atoms with Crippen LogP contribution < -0.4 is 0 Å². The van der Waals surface area contributed by atoms with Crippen molar-refractivity contribution in [2.75, 3.05) is 0 Å². The SMILES string of the molecule is CCCCC(=O)O.CCCCC(=O)O.CCCCC(=O)O.[Lu]. The number of aliphatic carboxylic acids is 3. The van der Waals surface area contributed by atoms with Crippen LogP contribution in [0.4, 0.5) is 0 Å². The summed E-state index contributed by atoms with van der Waals surface area (Å²) >= 11 is 0. The number of hydrogen-bond donors (Lipinski definition) is 3. The van der Waals surface area contributed by atoms with Gasteiger partial charge in [-0.1, -0.05) is 40.0 Å². The summed E-state index contributed by atoms with van der Waals surface area (Å²) in [6, 6.07) is 0. The van der Waals surface area contributed by atoms with Crippen molar-refractivity contribution in [3.63, 3.8) is 0 Å². The van der Waals surface area contributed by atoms with E-state index in [4.69, 9.17) is 15.3 Å². The monoisotopic (exact) mass is 481 g/mol. The molecule has 0 spiro atoms. The third kappa shape index (κ3) is 50.4. The molecule has 7 heteroatoms. The second kappa shape index (κ2) is 25.6. The van der Waals surface area contributed by atoms with Crippen LogP contribution in [0.5, 0.6) is 0 Å². The van der Waals surface area contributed by atoms with E-state index >= 15 is 0 Å². The van der Waals surface area contributed by atoms with Crippen LogP contribution in [-0.2, 0) is 14.4 Å². The van der Waals surface area contributed by atoms with E-state index in [-0.39, 0.29) is 36.9 Å². The second-order valence-electron chi connectivity index (χ2n) is 4.49. The summed E-state index contributed by atoms with van der Waals surface area (Å²) in [5.41, 5.74) is 0. The molecule has 0 fully saturated rings. The zero-order valence-electron chi connectivity index (χ0n) is 13.7. The Morgan fingerprint density at radius 3 is 0.818 bits per heavy atom. The fourth-order valence-corrected chi connectivity index (χ4v) is 0.984. The number of hydrogen-bond acceptors (Lipinski definition) is 3. The van der Waals surface area contributed by atoms with Gasteiger partial charge in [-0.3, -0.25) is 14.4 Å². The molecule has 0 aromatic heterocycles. The predicted molar refractivity (Wildman–Crippen MR) is 81.5 cm³/mol. The van der Waals surface area contributed by atoms with Crippen LogP contribution in [0, 0.1) is 36.9 Å². The molecule has 0 aromatic carbocycles. The fraction of sp³-hybridized carbons (Fsp3) is 0.800. The molecule has 0 aliphatic rings. The Bertz CT molecular complexity index is 226. The maximum Gasteiger partial charge on any atom is 0.303 e. The van der Waals surface area contributed by atoms with E-state index in [0.717, 1.165) is 38.5 Å². The first-order valence-electron chi connectivity index (χ1n) is 7.47. The number of carboxylic acids is 3. The summed E-state index contributed by atoms with van der Waals surface area (Å²) in [4.78, 5) is 29.3. The Labute approximate surface area is 162 Å². The summed E-state index contributed by atoms with van der Waals surface area (Å²) in [6.07, 6.45) is 6.24. The van der Waals surface area contributed by atoms with E-state index in [1.54, 1.807) is 0 Å². The molecule has 0 saturated heterocycles. The van der Waals surface area contributed by atoms with Crippen LogP contribution in [0.1, 0.15) is 78.6 Å². The quantitative estimate of drug-likeness (QED) is 0.462. The Kier molecular flexibility index (Phi) is 34.5.